The number of sulfonamides is 2. The number of hydrogen-bond donors (Lipinski definition) is 2. The summed E-state index contributed by atoms with van der Waals surface area (Å²) >= 11 is 0. The third-order valence-electron chi connectivity index (χ3n) is 6.49. The van der Waals surface area contributed by atoms with Gasteiger partial charge in [0, 0.05) is 26.2 Å². The molecular weight excluding hydrogens is 538 g/mol. The monoisotopic (exact) mass is 571 g/mol. The Morgan fingerprint density at radius 2 is 1.46 bits per heavy atom. The molecule has 4 rings (SSSR count). The van der Waals surface area contributed by atoms with Crippen molar-refractivity contribution in [1.82, 2.24) is 14.3 Å². The summed E-state index contributed by atoms with van der Waals surface area (Å²) in [6.45, 7) is 2.95. The Kier molecular flexibility index (Phi) is 9.39. The SMILES string of the molecule is Cc1cc(S(=O)(=O)NCc2ccccc2)ccc1OCC(=O)NCc1ccc(S(=O)(=O)N2CCCCC2)cc1. The second-order valence-electron chi connectivity index (χ2n) is 9.41. The molecule has 2 N–H and O–H groups in total. The van der Waals surface area contributed by atoms with Crippen LogP contribution in [0.25, 0.3) is 0 Å². The number of ether oxygens (including phenoxy) is 1. The van der Waals surface area contributed by atoms with E-state index in [2.05, 4.69) is 10.0 Å². The number of hydrogen-bond acceptors (Lipinski definition) is 6. The van der Waals surface area contributed by atoms with Gasteiger partial charge in [0.2, 0.25) is 20.0 Å². The molecule has 208 valence electrons. The molecule has 1 fully saturated rings. The topological polar surface area (TPSA) is 122 Å². The summed E-state index contributed by atoms with van der Waals surface area (Å²) in [5.41, 5.74) is 2.19. The first-order valence-electron chi connectivity index (χ1n) is 12.8. The van der Waals surface area contributed by atoms with E-state index in [1.54, 1.807) is 31.2 Å². The summed E-state index contributed by atoms with van der Waals surface area (Å²) in [5, 5.41) is 2.75. The summed E-state index contributed by atoms with van der Waals surface area (Å²) in [6.07, 6.45) is 2.80. The quantitative estimate of drug-likeness (QED) is 0.364. The van der Waals surface area contributed by atoms with Gasteiger partial charge in [0.25, 0.3) is 5.91 Å². The molecule has 0 aromatic heterocycles. The molecule has 0 unspecified atom stereocenters. The van der Waals surface area contributed by atoms with Gasteiger partial charge in [0.1, 0.15) is 5.75 Å². The Labute approximate surface area is 230 Å². The van der Waals surface area contributed by atoms with Crippen LogP contribution in [0.4, 0.5) is 0 Å². The third kappa shape index (κ3) is 7.66. The lowest BCUT2D eigenvalue weighted by Gasteiger charge is -2.25. The van der Waals surface area contributed by atoms with Crippen LogP contribution in [0.15, 0.2) is 82.6 Å². The number of carbonyl (C=O) groups is 1. The molecule has 3 aromatic carbocycles. The summed E-state index contributed by atoms with van der Waals surface area (Å²) in [5.74, 6) is 0.0417. The molecule has 1 aliphatic rings. The lowest BCUT2D eigenvalue weighted by molar-refractivity contribution is -0.123. The summed E-state index contributed by atoms with van der Waals surface area (Å²) in [4.78, 5) is 12.7. The van der Waals surface area contributed by atoms with Crippen LogP contribution in [0, 0.1) is 6.92 Å². The zero-order valence-corrected chi connectivity index (χ0v) is 23.4. The molecule has 0 spiro atoms. The minimum absolute atomic E-state index is 0.110. The summed E-state index contributed by atoms with van der Waals surface area (Å²) < 4.78 is 60.6. The highest BCUT2D eigenvalue weighted by atomic mass is 32.2. The van der Waals surface area contributed by atoms with Crippen molar-refractivity contribution in [3.8, 4) is 5.75 Å². The number of nitrogens with one attached hydrogen (secondary N) is 2. The van der Waals surface area contributed by atoms with Gasteiger partial charge in [-0.25, -0.2) is 21.6 Å². The van der Waals surface area contributed by atoms with Gasteiger partial charge >= 0.3 is 0 Å². The Morgan fingerprint density at radius 1 is 0.821 bits per heavy atom. The highest BCUT2D eigenvalue weighted by Crippen LogP contribution is 2.23. The fourth-order valence-electron chi connectivity index (χ4n) is 4.24. The molecule has 39 heavy (non-hydrogen) atoms. The first kappa shape index (κ1) is 28.8. The van der Waals surface area contributed by atoms with Crippen LogP contribution in [-0.2, 0) is 37.9 Å². The minimum atomic E-state index is -3.71. The Morgan fingerprint density at radius 3 is 2.13 bits per heavy atom. The number of carbonyl (C=O) groups excluding carboxylic acids is 1. The maximum absolute atomic E-state index is 12.8. The van der Waals surface area contributed by atoms with Gasteiger partial charge in [0.15, 0.2) is 6.61 Å². The molecule has 0 aliphatic carbocycles. The molecular formula is C28H33N3O6S2. The largest absolute Gasteiger partial charge is 0.484 e. The number of benzene rings is 3. The lowest BCUT2D eigenvalue weighted by Crippen LogP contribution is -2.35. The standard InChI is InChI=1S/C28H33N3O6S2/c1-22-18-26(38(33,34)30-20-23-8-4-2-5-9-23)14-15-27(22)37-21-28(32)29-19-24-10-12-25(13-11-24)39(35,36)31-16-6-3-7-17-31/h2,4-5,8-15,18,30H,3,6-7,16-17,19-21H2,1H3,(H,29,32). The molecule has 3 aromatic rings. The average molecular weight is 572 g/mol. The normalized spacial score (nSPS) is 14.6. The minimum Gasteiger partial charge on any atom is -0.484 e. The van der Waals surface area contributed by atoms with Crippen molar-refractivity contribution in [3.63, 3.8) is 0 Å². The number of aryl methyl sites for hydroxylation is 1. The van der Waals surface area contributed by atoms with Crippen LogP contribution >= 0.6 is 0 Å². The zero-order valence-electron chi connectivity index (χ0n) is 21.8. The summed E-state index contributed by atoms with van der Waals surface area (Å²) in [6, 6.07) is 20.2. The van der Waals surface area contributed by atoms with E-state index in [0.29, 0.717) is 24.4 Å². The molecule has 0 atom stereocenters. The molecule has 11 heteroatoms. The van der Waals surface area contributed by atoms with Crippen molar-refractivity contribution in [2.45, 2.75) is 49.1 Å². The van der Waals surface area contributed by atoms with Crippen molar-refractivity contribution in [1.29, 1.82) is 0 Å². The van der Waals surface area contributed by atoms with Gasteiger partial charge in [-0.3, -0.25) is 4.79 Å². The van der Waals surface area contributed by atoms with Crippen molar-refractivity contribution in [3.05, 3.63) is 89.5 Å². The van der Waals surface area contributed by atoms with Crippen molar-refractivity contribution >= 4 is 26.0 Å². The third-order valence-corrected chi connectivity index (χ3v) is 9.80. The predicted octanol–water partition coefficient (Wildman–Crippen LogP) is 3.34. The molecule has 0 saturated carbocycles. The van der Waals surface area contributed by atoms with Crippen LogP contribution in [0.2, 0.25) is 0 Å². The Balaban J connectivity index is 1.26. The van der Waals surface area contributed by atoms with Gasteiger partial charge in [-0.2, -0.15) is 4.31 Å². The van der Waals surface area contributed by atoms with E-state index < -0.39 is 20.0 Å². The highest BCUT2D eigenvalue weighted by Gasteiger charge is 2.25. The summed E-state index contributed by atoms with van der Waals surface area (Å²) in [7, 11) is -7.21. The van der Waals surface area contributed by atoms with Crippen LogP contribution in [-0.4, -0.2) is 46.7 Å². The van der Waals surface area contributed by atoms with E-state index in [-0.39, 0.29) is 35.4 Å². The maximum Gasteiger partial charge on any atom is 0.258 e. The molecule has 1 aliphatic heterocycles. The van der Waals surface area contributed by atoms with Crippen molar-refractivity contribution in [2.24, 2.45) is 0 Å². The highest BCUT2D eigenvalue weighted by molar-refractivity contribution is 7.89. The van der Waals surface area contributed by atoms with E-state index in [4.69, 9.17) is 4.74 Å². The van der Waals surface area contributed by atoms with E-state index in [1.165, 1.54) is 22.5 Å². The number of piperidine rings is 1. The van der Waals surface area contributed by atoms with Crippen LogP contribution in [0.3, 0.4) is 0 Å². The van der Waals surface area contributed by atoms with Gasteiger partial charge < -0.3 is 10.1 Å². The second kappa shape index (κ2) is 12.7. The maximum atomic E-state index is 12.8. The smallest absolute Gasteiger partial charge is 0.258 e. The van der Waals surface area contributed by atoms with E-state index in [1.807, 2.05) is 30.3 Å². The zero-order chi connectivity index (χ0) is 27.9. The second-order valence-corrected chi connectivity index (χ2v) is 13.1. The Hall–Kier alpha value is -3.25. The van der Waals surface area contributed by atoms with Gasteiger partial charge in [0.05, 0.1) is 9.79 Å². The van der Waals surface area contributed by atoms with E-state index in [9.17, 15) is 21.6 Å². The molecule has 9 nitrogen and oxygen atoms in total. The van der Waals surface area contributed by atoms with Crippen LogP contribution < -0.4 is 14.8 Å². The fourth-order valence-corrected chi connectivity index (χ4v) is 6.86. The number of rotatable bonds is 11. The van der Waals surface area contributed by atoms with Crippen LogP contribution in [0.1, 0.15) is 36.0 Å². The van der Waals surface area contributed by atoms with E-state index >= 15 is 0 Å². The molecule has 0 radical (unpaired) electrons. The lowest BCUT2D eigenvalue weighted by atomic mass is 10.2. The number of amides is 1. The first-order chi connectivity index (χ1) is 18.6. The van der Waals surface area contributed by atoms with Crippen molar-refractivity contribution in [2.75, 3.05) is 19.7 Å². The van der Waals surface area contributed by atoms with Crippen molar-refractivity contribution < 1.29 is 26.4 Å². The van der Waals surface area contributed by atoms with E-state index in [0.717, 1.165) is 30.4 Å². The Bertz CT molecular complexity index is 1490. The fraction of sp³-hybridized carbons (Fsp3) is 0.321. The van der Waals surface area contributed by atoms with Gasteiger partial charge in [-0.05, 0) is 66.8 Å². The average Bonchev–Trinajstić information content (AvgIpc) is 2.95. The first-order valence-corrected chi connectivity index (χ1v) is 15.7. The molecule has 1 heterocycles. The number of nitrogens with zero attached hydrogens (tertiary/aromatic N) is 1. The van der Waals surface area contributed by atoms with Gasteiger partial charge in [-0.15, -0.1) is 0 Å². The molecule has 0 bridgehead atoms. The predicted molar refractivity (Wildman–Crippen MR) is 148 cm³/mol. The molecule has 1 saturated heterocycles. The van der Waals surface area contributed by atoms with Gasteiger partial charge in [-0.1, -0.05) is 48.9 Å². The van der Waals surface area contributed by atoms with Crippen LogP contribution in [0.5, 0.6) is 5.75 Å². The molecule has 1 amide bonds.